The first-order chi connectivity index (χ1) is 8.40. The first kappa shape index (κ1) is 15.2. The predicted molar refractivity (Wildman–Crippen MR) is 79.5 cm³/mol. The molecular weight excluding hydrogens is 220 g/mol. The van der Waals surface area contributed by atoms with Crippen molar-refractivity contribution in [3.63, 3.8) is 0 Å². The van der Waals surface area contributed by atoms with Crippen LogP contribution >= 0.6 is 0 Å². The van der Waals surface area contributed by atoms with Crippen LogP contribution in [0.25, 0.3) is 0 Å². The molecule has 0 saturated heterocycles. The maximum atomic E-state index is 10.2. The van der Waals surface area contributed by atoms with Gasteiger partial charge in [0.05, 0.1) is 6.10 Å². The highest BCUT2D eigenvalue weighted by molar-refractivity contribution is 5.34. The van der Waals surface area contributed by atoms with E-state index in [1.807, 2.05) is 6.08 Å². The zero-order chi connectivity index (χ0) is 13.8. The lowest BCUT2D eigenvalue weighted by molar-refractivity contribution is 0.0888. The summed E-state index contributed by atoms with van der Waals surface area (Å²) in [5.74, 6) is 0.307. The van der Waals surface area contributed by atoms with Crippen molar-refractivity contribution in [3.8, 4) is 0 Å². The fraction of sp³-hybridized carbons (Fsp3) is 0.647. The molecule has 1 saturated carbocycles. The number of hydrogen-bond acceptors (Lipinski definition) is 1. The van der Waals surface area contributed by atoms with Gasteiger partial charge in [-0.25, -0.2) is 0 Å². The largest absolute Gasteiger partial charge is 0.392 e. The Morgan fingerprint density at radius 2 is 1.83 bits per heavy atom. The summed E-state index contributed by atoms with van der Waals surface area (Å²) in [6, 6.07) is 0. The van der Waals surface area contributed by atoms with E-state index in [1.54, 1.807) is 0 Å². The molecule has 2 atom stereocenters. The minimum atomic E-state index is -0.174. The van der Waals surface area contributed by atoms with Crippen molar-refractivity contribution in [2.45, 2.75) is 59.5 Å². The molecule has 1 fully saturated rings. The minimum absolute atomic E-state index is 0.107. The first-order valence-electron chi connectivity index (χ1n) is 7.09. The highest BCUT2D eigenvalue weighted by atomic mass is 16.3. The SMILES string of the molecule is C=C/C(=C\C(=C/C)C1CCCCC1O)C(C)(C)C. The summed E-state index contributed by atoms with van der Waals surface area (Å²) in [4.78, 5) is 0. The predicted octanol–water partition coefficient (Wildman–Crippen LogP) is 4.64. The zero-order valence-corrected chi connectivity index (χ0v) is 12.4. The molecule has 1 aliphatic rings. The Labute approximate surface area is 112 Å². The number of hydrogen-bond donors (Lipinski definition) is 1. The molecule has 0 aliphatic heterocycles. The summed E-state index contributed by atoms with van der Waals surface area (Å²) in [5.41, 5.74) is 2.62. The summed E-state index contributed by atoms with van der Waals surface area (Å²) >= 11 is 0. The van der Waals surface area contributed by atoms with Gasteiger partial charge in [-0.3, -0.25) is 0 Å². The smallest absolute Gasteiger partial charge is 0.0608 e. The maximum Gasteiger partial charge on any atom is 0.0608 e. The molecule has 2 unspecified atom stereocenters. The van der Waals surface area contributed by atoms with Crippen LogP contribution in [-0.4, -0.2) is 11.2 Å². The van der Waals surface area contributed by atoms with Crippen LogP contribution in [-0.2, 0) is 0 Å². The molecule has 0 aromatic heterocycles. The third kappa shape index (κ3) is 3.84. The fourth-order valence-corrected chi connectivity index (χ4v) is 2.67. The van der Waals surface area contributed by atoms with Gasteiger partial charge in [-0.15, -0.1) is 0 Å². The molecular formula is C17H28O. The zero-order valence-electron chi connectivity index (χ0n) is 12.4. The number of rotatable bonds is 3. The van der Waals surface area contributed by atoms with Crippen molar-refractivity contribution in [2.24, 2.45) is 11.3 Å². The second-order valence-electron chi connectivity index (χ2n) is 6.30. The van der Waals surface area contributed by atoms with Gasteiger partial charge in [-0.05, 0) is 36.3 Å². The lowest BCUT2D eigenvalue weighted by Gasteiger charge is -2.30. The second-order valence-corrected chi connectivity index (χ2v) is 6.30. The molecule has 0 aromatic rings. The van der Waals surface area contributed by atoms with Gasteiger partial charge in [-0.2, -0.15) is 0 Å². The van der Waals surface area contributed by atoms with E-state index >= 15 is 0 Å². The van der Waals surface area contributed by atoms with Crippen molar-refractivity contribution < 1.29 is 5.11 Å². The Hall–Kier alpha value is -0.820. The van der Waals surface area contributed by atoms with Crippen LogP contribution in [0, 0.1) is 11.3 Å². The molecule has 0 radical (unpaired) electrons. The summed E-state index contributed by atoms with van der Waals surface area (Å²) in [7, 11) is 0. The van der Waals surface area contributed by atoms with E-state index in [4.69, 9.17) is 0 Å². The molecule has 1 nitrogen and oxygen atoms in total. The van der Waals surface area contributed by atoms with Gasteiger partial charge in [0, 0.05) is 5.92 Å². The highest BCUT2D eigenvalue weighted by Gasteiger charge is 2.26. The quantitative estimate of drug-likeness (QED) is 0.721. The van der Waals surface area contributed by atoms with Gasteiger partial charge < -0.3 is 5.11 Å². The Bertz CT molecular complexity index is 341. The van der Waals surface area contributed by atoms with Gasteiger partial charge in [0.1, 0.15) is 0 Å². The molecule has 0 aromatic carbocycles. The summed E-state index contributed by atoms with van der Waals surface area (Å²) < 4.78 is 0. The van der Waals surface area contributed by atoms with Gasteiger partial charge in [0.25, 0.3) is 0 Å². The first-order valence-corrected chi connectivity index (χ1v) is 7.09. The molecule has 0 spiro atoms. The molecule has 102 valence electrons. The number of aliphatic hydroxyl groups is 1. The minimum Gasteiger partial charge on any atom is -0.392 e. The Balaban J connectivity index is 2.96. The van der Waals surface area contributed by atoms with E-state index in [1.165, 1.54) is 17.6 Å². The lowest BCUT2D eigenvalue weighted by atomic mass is 9.78. The van der Waals surface area contributed by atoms with E-state index in [2.05, 4.69) is 46.4 Å². The van der Waals surface area contributed by atoms with Gasteiger partial charge in [0.2, 0.25) is 0 Å². The third-order valence-corrected chi connectivity index (χ3v) is 3.90. The van der Waals surface area contributed by atoms with Crippen LogP contribution in [0.5, 0.6) is 0 Å². The Morgan fingerprint density at radius 1 is 1.22 bits per heavy atom. The van der Waals surface area contributed by atoms with Gasteiger partial charge in [0.15, 0.2) is 0 Å². The number of allylic oxidation sites excluding steroid dienone is 4. The maximum absolute atomic E-state index is 10.2. The monoisotopic (exact) mass is 248 g/mol. The van der Waals surface area contributed by atoms with Gasteiger partial charge >= 0.3 is 0 Å². The van der Waals surface area contributed by atoms with Crippen LogP contribution in [0.2, 0.25) is 0 Å². The highest BCUT2D eigenvalue weighted by Crippen LogP contribution is 2.34. The van der Waals surface area contributed by atoms with E-state index in [9.17, 15) is 5.11 Å². The summed E-state index contributed by atoms with van der Waals surface area (Å²) in [5, 5.41) is 10.2. The van der Waals surface area contributed by atoms with Crippen LogP contribution in [0.4, 0.5) is 0 Å². The van der Waals surface area contributed by atoms with Crippen molar-refractivity contribution in [1.82, 2.24) is 0 Å². The summed E-state index contributed by atoms with van der Waals surface area (Å²) in [6.07, 6.45) is 10.6. The Morgan fingerprint density at radius 3 is 2.28 bits per heavy atom. The van der Waals surface area contributed by atoms with Crippen molar-refractivity contribution in [2.75, 3.05) is 0 Å². The van der Waals surface area contributed by atoms with Crippen LogP contribution in [0.1, 0.15) is 53.4 Å². The van der Waals surface area contributed by atoms with E-state index in [-0.39, 0.29) is 11.5 Å². The third-order valence-electron chi connectivity index (χ3n) is 3.90. The average Bonchev–Trinajstić information content (AvgIpc) is 2.30. The van der Waals surface area contributed by atoms with Crippen LogP contribution in [0.15, 0.2) is 36.0 Å². The normalized spacial score (nSPS) is 27.2. The van der Waals surface area contributed by atoms with E-state index < -0.39 is 0 Å². The molecule has 0 bridgehead atoms. The van der Waals surface area contributed by atoms with E-state index in [0.29, 0.717) is 5.92 Å². The van der Waals surface area contributed by atoms with Gasteiger partial charge in [-0.1, -0.05) is 58.4 Å². The van der Waals surface area contributed by atoms with Crippen molar-refractivity contribution in [3.05, 3.63) is 36.0 Å². The average molecular weight is 248 g/mol. The van der Waals surface area contributed by atoms with Crippen LogP contribution in [0.3, 0.4) is 0 Å². The van der Waals surface area contributed by atoms with E-state index in [0.717, 1.165) is 19.3 Å². The second kappa shape index (κ2) is 6.38. The lowest BCUT2D eigenvalue weighted by Crippen LogP contribution is -2.26. The number of aliphatic hydroxyl groups excluding tert-OH is 1. The molecule has 1 aliphatic carbocycles. The molecule has 18 heavy (non-hydrogen) atoms. The molecule has 0 heterocycles. The molecule has 0 amide bonds. The summed E-state index contributed by atoms with van der Waals surface area (Å²) in [6.45, 7) is 12.6. The molecule has 1 rings (SSSR count). The standard InChI is InChI=1S/C17H28O/c1-6-13(12-14(7-2)17(3,4)5)15-10-8-9-11-16(15)18/h6-7,12,15-16,18H,2,8-11H2,1,3-5H3/b13-6+,14-12+. The molecule has 1 heteroatoms. The van der Waals surface area contributed by atoms with Crippen LogP contribution < -0.4 is 0 Å². The molecule has 1 N–H and O–H groups in total. The van der Waals surface area contributed by atoms with Crippen molar-refractivity contribution >= 4 is 0 Å². The fourth-order valence-electron chi connectivity index (χ4n) is 2.67. The Kier molecular flexibility index (Phi) is 5.40. The van der Waals surface area contributed by atoms with Crippen molar-refractivity contribution in [1.29, 1.82) is 0 Å². The topological polar surface area (TPSA) is 20.2 Å².